The highest BCUT2D eigenvalue weighted by Crippen LogP contribution is 2.30. The van der Waals surface area contributed by atoms with Crippen LogP contribution in [0.4, 0.5) is 11.6 Å². The molecule has 1 aromatic heterocycles. The van der Waals surface area contributed by atoms with Crippen molar-refractivity contribution in [3.05, 3.63) is 64.1 Å². The van der Waals surface area contributed by atoms with Gasteiger partial charge in [-0.1, -0.05) is 12.1 Å². The zero-order chi connectivity index (χ0) is 19.9. The third kappa shape index (κ3) is 4.59. The van der Waals surface area contributed by atoms with Crippen LogP contribution in [0.15, 0.2) is 47.3 Å². The van der Waals surface area contributed by atoms with E-state index in [0.29, 0.717) is 35.9 Å². The average Bonchev–Trinajstić information content (AvgIpc) is 2.71. The molecule has 0 atom stereocenters. The van der Waals surface area contributed by atoms with Crippen molar-refractivity contribution < 1.29 is 14.2 Å². The maximum Gasteiger partial charge on any atom is 0.274 e. The van der Waals surface area contributed by atoms with Gasteiger partial charge in [0.25, 0.3) is 5.56 Å². The van der Waals surface area contributed by atoms with Crippen LogP contribution in [0, 0.1) is 0 Å². The molecule has 0 unspecified atom stereocenters. The molecule has 3 rings (SSSR count). The van der Waals surface area contributed by atoms with Gasteiger partial charge in [0, 0.05) is 18.2 Å². The van der Waals surface area contributed by atoms with Gasteiger partial charge in [0.15, 0.2) is 11.5 Å². The number of nitrogens with one attached hydrogen (secondary N) is 2. The Hall–Kier alpha value is -3.55. The summed E-state index contributed by atoms with van der Waals surface area (Å²) in [6.07, 6.45) is 0.380. The van der Waals surface area contributed by atoms with E-state index in [1.165, 1.54) is 0 Å². The number of hydrogen-bond donors (Lipinski definition) is 2. The highest BCUT2D eigenvalue weighted by Gasteiger charge is 2.09. The van der Waals surface area contributed by atoms with E-state index in [-0.39, 0.29) is 11.5 Å². The Morgan fingerprint density at radius 2 is 1.75 bits per heavy atom. The van der Waals surface area contributed by atoms with Crippen LogP contribution >= 0.6 is 0 Å². The normalized spacial score (nSPS) is 10.4. The topological polar surface area (TPSA) is 98.4 Å². The fraction of sp³-hybridized carbons (Fsp3) is 0.250. The third-order valence-corrected chi connectivity index (χ3v) is 4.02. The molecule has 0 aliphatic heterocycles. The highest BCUT2D eigenvalue weighted by molar-refractivity contribution is 5.59. The zero-order valence-corrected chi connectivity index (χ0v) is 16.0. The van der Waals surface area contributed by atoms with Gasteiger partial charge in [0.05, 0.1) is 20.8 Å². The van der Waals surface area contributed by atoms with Crippen LogP contribution in [0.25, 0.3) is 0 Å². The van der Waals surface area contributed by atoms with Crippen LogP contribution in [-0.4, -0.2) is 36.0 Å². The molecule has 1 heterocycles. The summed E-state index contributed by atoms with van der Waals surface area (Å²) in [4.78, 5) is 15.1. The van der Waals surface area contributed by atoms with Gasteiger partial charge in [-0.05, 0) is 36.8 Å². The summed E-state index contributed by atoms with van der Waals surface area (Å²) >= 11 is 0. The molecule has 8 heteroatoms. The van der Waals surface area contributed by atoms with Crippen molar-refractivity contribution >= 4 is 11.6 Å². The van der Waals surface area contributed by atoms with E-state index in [0.717, 1.165) is 11.3 Å². The predicted molar refractivity (Wildman–Crippen MR) is 106 cm³/mol. The molecule has 0 saturated carbocycles. The Balaban J connectivity index is 1.72. The van der Waals surface area contributed by atoms with Crippen molar-refractivity contribution in [1.82, 2.24) is 15.2 Å². The molecule has 0 spiro atoms. The van der Waals surface area contributed by atoms with Gasteiger partial charge in [-0.3, -0.25) is 9.78 Å². The van der Waals surface area contributed by atoms with Crippen molar-refractivity contribution in [2.75, 3.05) is 26.1 Å². The molecule has 0 aliphatic rings. The Labute approximate surface area is 162 Å². The number of anilines is 2. The Bertz CT molecular complexity index is 986. The largest absolute Gasteiger partial charge is 0.494 e. The number of hydrogen-bond acceptors (Lipinski definition) is 7. The van der Waals surface area contributed by atoms with Gasteiger partial charge in [-0.2, -0.15) is 0 Å². The summed E-state index contributed by atoms with van der Waals surface area (Å²) in [5, 5.41) is 11.1. The average molecular weight is 382 g/mol. The Morgan fingerprint density at radius 3 is 2.39 bits per heavy atom. The first kappa shape index (κ1) is 19.2. The van der Waals surface area contributed by atoms with Crippen molar-refractivity contribution in [3.63, 3.8) is 0 Å². The number of ether oxygens (including phenoxy) is 3. The van der Waals surface area contributed by atoms with Crippen LogP contribution in [0.2, 0.25) is 0 Å². The maximum atomic E-state index is 12.4. The number of methoxy groups -OCH3 is 2. The summed E-state index contributed by atoms with van der Waals surface area (Å²) in [5.41, 5.74) is 1.67. The van der Waals surface area contributed by atoms with Crippen LogP contribution in [0.1, 0.15) is 18.2 Å². The van der Waals surface area contributed by atoms with Gasteiger partial charge in [-0.25, -0.2) is 0 Å². The first-order valence-electron chi connectivity index (χ1n) is 8.79. The summed E-state index contributed by atoms with van der Waals surface area (Å²) in [6.45, 7) is 2.54. The van der Waals surface area contributed by atoms with E-state index in [4.69, 9.17) is 14.2 Å². The third-order valence-electron chi connectivity index (χ3n) is 4.02. The molecule has 8 nitrogen and oxygen atoms in total. The number of benzene rings is 2. The molecule has 0 fully saturated rings. The van der Waals surface area contributed by atoms with Gasteiger partial charge in [0.2, 0.25) is 5.95 Å². The monoisotopic (exact) mass is 382 g/mol. The number of rotatable bonds is 8. The van der Waals surface area contributed by atoms with Gasteiger partial charge in [-0.15, -0.1) is 10.2 Å². The summed E-state index contributed by atoms with van der Waals surface area (Å²) < 4.78 is 15.9. The lowest BCUT2D eigenvalue weighted by Crippen LogP contribution is -2.18. The second-order valence-electron chi connectivity index (χ2n) is 5.90. The lowest BCUT2D eigenvalue weighted by molar-refractivity contribution is 0.340. The standard InChI is InChI=1S/C20H22N4O4/c1-4-28-15-8-5-13(6-9-15)11-16-19(25)22-20(24-23-16)21-14-7-10-17(26-2)18(12-14)27-3/h5-10,12H,4,11H2,1-3H3,(H2,21,22,24,25). The van der Waals surface area contributed by atoms with E-state index in [1.807, 2.05) is 31.2 Å². The number of H-pyrrole nitrogens is 1. The van der Waals surface area contributed by atoms with Crippen LogP contribution in [-0.2, 0) is 6.42 Å². The molecular formula is C20H22N4O4. The van der Waals surface area contributed by atoms with E-state index in [9.17, 15) is 4.79 Å². The van der Waals surface area contributed by atoms with Crippen molar-refractivity contribution in [3.8, 4) is 17.2 Å². The lowest BCUT2D eigenvalue weighted by atomic mass is 10.1. The highest BCUT2D eigenvalue weighted by atomic mass is 16.5. The molecule has 0 saturated heterocycles. The molecule has 146 valence electrons. The summed E-state index contributed by atoms with van der Waals surface area (Å²) in [5.74, 6) is 2.21. The molecule has 0 radical (unpaired) electrons. The van der Waals surface area contributed by atoms with Gasteiger partial charge in [0.1, 0.15) is 11.4 Å². The summed E-state index contributed by atoms with van der Waals surface area (Å²) in [6, 6.07) is 12.8. The number of aromatic amines is 1. The molecule has 0 aliphatic carbocycles. The van der Waals surface area contributed by atoms with E-state index >= 15 is 0 Å². The van der Waals surface area contributed by atoms with Crippen molar-refractivity contribution in [1.29, 1.82) is 0 Å². The predicted octanol–water partition coefficient (Wildman–Crippen LogP) is 2.92. The van der Waals surface area contributed by atoms with E-state index in [1.54, 1.807) is 32.4 Å². The molecule has 0 amide bonds. The quantitative estimate of drug-likeness (QED) is 0.618. The van der Waals surface area contributed by atoms with Crippen molar-refractivity contribution in [2.24, 2.45) is 0 Å². The van der Waals surface area contributed by atoms with Crippen LogP contribution in [0.3, 0.4) is 0 Å². The number of nitrogens with zero attached hydrogens (tertiary/aromatic N) is 2. The maximum absolute atomic E-state index is 12.4. The number of aromatic nitrogens is 3. The smallest absolute Gasteiger partial charge is 0.274 e. The second-order valence-corrected chi connectivity index (χ2v) is 5.90. The SMILES string of the molecule is CCOc1ccc(Cc2nnc(Nc3ccc(OC)c(OC)c3)[nH]c2=O)cc1. The molecule has 2 aromatic carbocycles. The molecule has 0 bridgehead atoms. The van der Waals surface area contributed by atoms with Gasteiger partial charge >= 0.3 is 0 Å². The van der Waals surface area contributed by atoms with Crippen LogP contribution in [0.5, 0.6) is 17.2 Å². The molecule has 2 N–H and O–H groups in total. The minimum atomic E-state index is -0.299. The fourth-order valence-electron chi connectivity index (χ4n) is 2.65. The Morgan fingerprint density at radius 1 is 1.00 bits per heavy atom. The van der Waals surface area contributed by atoms with E-state index < -0.39 is 0 Å². The summed E-state index contributed by atoms with van der Waals surface area (Å²) in [7, 11) is 3.12. The first-order valence-corrected chi connectivity index (χ1v) is 8.79. The second kappa shape index (κ2) is 8.90. The molecular weight excluding hydrogens is 360 g/mol. The van der Waals surface area contributed by atoms with Crippen molar-refractivity contribution in [2.45, 2.75) is 13.3 Å². The van der Waals surface area contributed by atoms with Gasteiger partial charge < -0.3 is 19.5 Å². The lowest BCUT2D eigenvalue weighted by Gasteiger charge is -2.10. The zero-order valence-electron chi connectivity index (χ0n) is 16.0. The fourth-order valence-corrected chi connectivity index (χ4v) is 2.65. The minimum Gasteiger partial charge on any atom is -0.494 e. The minimum absolute atomic E-state index is 0.243. The van der Waals surface area contributed by atoms with E-state index in [2.05, 4.69) is 20.5 Å². The molecule has 3 aromatic rings. The molecule has 28 heavy (non-hydrogen) atoms. The first-order chi connectivity index (χ1) is 13.6. The Kier molecular flexibility index (Phi) is 6.11. The van der Waals surface area contributed by atoms with Crippen LogP contribution < -0.4 is 25.1 Å².